The van der Waals surface area contributed by atoms with Crippen LogP contribution in [0.1, 0.15) is 12.5 Å². The second kappa shape index (κ2) is 6.42. The van der Waals surface area contributed by atoms with Gasteiger partial charge in [0, 0.05) is 18.2 Å². The van der Waals surface area contributed by atoms with E-state index in [4.69, 9.17) is 10.5 Å². The highest BCUT2D eigenvalue weighted by Gasteiger charge is 2.09. The number of ether oxygens (including phenoxy) is 1. The first-order valence-electron chi connectivity index (χ1n) is 5.92. The Bertz CT molecular complexity index is 688. The predicted octanol–water partition coefficient (Wildman–Crippen LogP) is 1.03. The van der Waals surface area contributed by atoms with Gasteiger partial charge in [0.05, 0.1) is 11.9 Å². The zero-order chi connectivity index (χ0) is 15.4. The summed E-state index contributed by atoms with van der Waals surface area (Å²) in [5.74, 6) is -0.620. The molecular formula is C13H12N3O4S-. The Hall–Kier alpha value is -2.32. The maximum absolute atomic E-state index is 11.0. The molecule has 2 N–H and O–H groups in total. The van der Waals surface area contributed by atoms with Crippen molar-refractivity contribution in [2.75, 3.05) is 5.73 Å². The lowest BCUT2D eigenvalue weighted by atomic mass is 10.1. The Morgan fingerprint density at radius 2 is 2.05 bits per heavy atom. The van der Waals surface area contributed by atoms with Gasteiger partial charge in [-0.05, 0) is 5.56 Å². The third kappa shape index (κ3) is 4.07. The maximum Gasteiger partial charge on any atom is 0.309 e. The summed E-state index contributed by atoms with van der Waals surface area (Å²) in [4.78, 5) is 19.0. The Labute approximate surface area is 123 Å². The van der Waals surface area contributed by atoms with E-state index >= 15 is 0 Å². The number of nitrogens with two attached hydrogens (primary N) is 1. The molecule has 1 aromatic heterocycles. The van der Waals surface area contributed by atoms with Crippen molar-refractivity contribution in [3.8, 4) is 17.1 Å². The SMILES string of the molecule is CC(=O)Oc1nc(-c2ccc(CS(=O)[O-])cc2)cnc1N. The Kier molecular flexibility index (Phi) is 4.61. The molecule has 0 spiro atoms. The highest BCUT2D eigenvalue weighted by Crippen LogP contribution is 2.23. The minimum absolute atomic E-state index is 0.0207. The molecule has 2 aromatic rings. The lowest BCUT2D eigenvalue weighted by molar-refractivity contribution is -0.132. The quantitative estimate of drug-likeness (QED) is 0.662. The van der Waals surface area contributed by atoms with Gasteiger partial charge in [-0.25, -0.2) is 9.97 Å². The number of carbonyl (C=O) groups is 1. The highest BCUT2D eigenvalue weighted by molar-refractivity contribution is 7.78. The standard InChI is InChI=1S/C13H13N3O4S/c1-8(17)20-13-12(14)15-6-11(16-13)10-4-2-9(3-5-10)7-21(18)19/h2-6H,7H2,1H3,(H2,14,15)(H,18,19)/p-1. The first-order chi connectivity index (χ1) is 9.95. The Morgan fingerprint density at radius 1 is 1.38 bits per heavy atom. The molecule has 1 heterocycles. The molecule has 7 nitrogen and oxygen atoms in total. The normalized spacial score (nSPS) is 11.9. The lowest BCUT2D eigenvalue weighted by Crippen LogP contribution is -2.07. The van der Waals surface area contributed by atoms with Crippen LogP contribution in [0.4, 0.5) is 5.82 Å². The molecule has 0 aliphatic carbocycles. The molecule has 0 saturated carbocycles. The van der Waals surface area contributed by atoms with E-state index < -0.39 is 17.0 Å². The van der Waals surface area contributed by atoms with Crippen molar-refractivity contribution in [3.05, 3.63) is 36.0 Å². The van der Waals surface area contributed by atoms with E-state index in [1.165, 1.54) is 13.1 Å². The van der Waals surface area contributed by atoms with E-state index in [2.05, 4.69) is 9.97 Å². The number of hydrogen-bond acceptors (Lipinski definition) is 7. The van der Waals surface area contributed by atoms with Crippen molar-refractivity contribution >= 4 is 22.9 Å². The van der Waals surface area contributed by atoms with Gasteiger partial charge < -0.3 is 15.0 Å². The van der Waals surface area contributed by atoms with E-state index in [0.29, 0.717) is 16.8 Å². The van der Waals surface area contributed by atoms with E-state index in [1.807, 2.05) is 0 Å². The topological polar surface area (TPSA) is 118 Å². The van der Waals surface area contributed by atoms with Crippen LogP contribution in [-0.4, -0.2) is 24.7 Å². The number of carbonyl (C=O) groups excluding carboxylic acids is 1. The van der Waals surface area contributed by atoms with Crippen LogP contribution in [0.15, 0.2) is 30.5 Å². The monoisotopic (exact) mass is 306 g/mol. The maximum atomic E-state index is 11.0. The lowest BCUT2D eigenvalue weighted by Gasteiger charge is -2.08. The second-order valence-electron chi connectivity index (χ2n) is 4.18. The number of nitrogen functional groups attached to an aromatic ring is 1. The largest absolute Gasteiger partial charge is 0.772 e. The molecule has 2 rings (SSSR count). The number of rotatable bonds is 4. The second-order valence-corrected chi connectivity index (χ2v) is 5.08. The predicted molar refractivity (Wildman–Crippen MR) is 75.8 cm³/mol. The first kappa shape index (κ1) is 15.1. The smallest absolute Gasteiger partial charge is 0.309 e. The summed E-state index contributed by atoms with van der Waals surface area (Å²) in [5, 5.41) is 0. The summed E-state index contributed by atoms with van der Waals surface area (Å²) in [6.07, 6.45) is 1.45. The molecular weight excluding hydrogens is 294 g/mol. The molecule has 0 amide bonds. The third-order valence-electron chi connectivity index (χ3n) is 2.54. The number of nitrogens with zero attached hydrogens (tertiary/aromatic N) is 2. The summed E-state index contributed by atoms with van der Waals surface area (Å²) < 4.78 is 26.1. The van der Waals surface area contributed by atoms with Crippen molar-refractivity contribution in [2.24, 2.45) is 0 Å². The summed E-state index contributed by atoms with van der Waals surface area (Å²) in [6.45, 7) is 1.24. The first-order valence-corrected chi connectivity index (χ1v) is 7.16. The molecule has 110 valence electrons. The van der Waals surface area contributed by atoms with E-state index in [0.717, 1.165) is 0 Å². The van der Waals surface area contributed by atoms with Gasteiger partial charge in [0.15, 0.2) is 5.82 Å². The third-order valence-corrected chi connectivity index (χ3v) is 3.11. The van der Waals surface area contributed by atoms with Crippen molar-refractivity contribution in [1.82, 2.24) is 9.97 Å². The van der Waals surface area contributed by atoms with Crippen LogP contribution in [0, 0.1) is 0 Å². The molecule has 21 heavy (non-hydrogen) atoms. The van der Waals surface area contributed by atoms with E-state index in [1.54, 1.807) is 24.3 Å². The fourth-order valence-corrected chi connectivity index (χ4v) is 2.10. The van der Waals surface area contributed by atoms with Gasteiger partial charge in [0.2, 0.25) is 0 Å². The molecule has 1 atom stereocenters. The van der Waals surface area contributed by atoms with Gasteiger partial charge in [0.25, 0.3) is 5.88 Å². The molecule has 8 heteroatoms. The minimum atomic E-state index is -2.13. The van der Waals surface area contributed by atoms with Crippen molar-refractivity contribution in [3.63, 3.8) is 0 Å². The molecule has 0 aliphatic heterocycles. The molecule has 0 fully saturated rings. The van der Waals surface area contributed by atoms with Crippen molar-refractivity contribution < 1.29 is 18.3 Å². The summed E-state index contributed by atoms with van der Waals surface area (Å²) in [6, 6.07) is 6.77. The minimum Gasteiger partial charge on any atom is -0.772 e. The molecule has 0 bridgehead atoms. The van der Waals surface area contributed by atoms with Gasteiger partial charge in [-0.15, -0.1) is 0 Å². The van der Waals surface area contributed by atoms with Crippen LogP contribution in [0.25, 0.3) is 11.3 Å². The summed E-state index contributed by atoms with van der Waals surface area (Å²) in [7, 11) is 0. The summed E-state index contributed by atoms with van der Waals surface area (Å²) in [5.41, 5.74) is 7.41. The average Bonchev–Trinajstić information content (AvgIpc) is 2.41. The van der Waals surface area contributed by atoms with Gasteiger partial charge in [-0.2, -0.15) is 0 Å². The number of anilines is 1. The van der Waals surface area contributed by atoms with Crippen molar-refractivity contribution in [2.45, 2.75) is 12.7 Å². The van der Waals surface area contributed by atoms with Crippen LogP contribution in [0.2, 0.25) is 0 Å². The molecule has 0 saturated heterocycles. The number of hydrogen-bond donors (Lipinski definition) is 1. The van der Waals surface area contributed by atoms with Gasteiger partial charge >= 0.3 is 5.97 Å². The fourth-order valence-electron chi connectivity index (χ4n) is 1.64. The highest BCUT2D eigenvalue weighted by atomic mass is 32.2. The number of benzene rings is 1. The van der Waals surface area contributed by atoms with Crippen LogP contribution < -0.4 is 10.5 Å². The van der Waals surface area contributed by atoms with Crippen LogP contribution in [-0.2, 0) is 21.6 Å². The van der Waals surface area contributed by atoms with E-state index in [9.17, 15) is 13.6 Å². The zero-order valence-electron chi connectivity index (χ0n) is 11.1. The van der Waals surface area contributed by atoms with E-state index in [-0.39, 0.29) is 17.5 Å². The fraction of sp³-hybridized carbons (Fsp3) is 0.154. The van der Waals surface area contributed by atoms with Gasteiger partial charge in [0.1, 0.15) is 0 Å². The Balaban J connectivity index is 2.29. The summed E-state index contributed by atoms with van der Waals surface area (Å²) >= 11 is -2.13. The van der Waals surface area contributed by atoms with Crippen molar-refractivity contribution in [1.29, 1.82) is 0 Å². The molecule has 1 unspecified atom stereocenters. The van der Waals surface area contributed by atoms with Crippen LogP contribution in [0.5, 0.6) is 5.88 Å². The van der Waals surface area contributed by atoms with Gasteiger partial charge in [-0.3, -0.25) is 9.00 Å². The zero-order valence-corrected chi connectivity index (χ0v) is 11.9. The molecule has 1 aromatic carbocycles. The molecule has 0 radical (unpaired) electrons. The molecule has 0 aliphatic rings. The van der Waals surface area contributed by atoms with Gasteiger partial charge in [-0.1, -0.05) is 35.3 Å². The van der Waals surface area contributed by atoms with Crippen LogP contribution >= 0.6 is 0 Å². The average molecular weight is 306 g/mol. The van der Waals surface area contributed by atoms with Crippen LogP contribution in [0.3, 0.4) is 0 Å². The Morgan fingerprint density at radius 3 is 2.62 bits per heavy atom. The number of aromatic nitrogens is 2. The number of esters is 1.